The second-order valence-electron chi connectivity index (χ2n) is 6.62. The Morgan fingerprint density at radius 2 is 1.23 bits per heavy atom. The van der Waals surface area contributed by atoms with E-state index in [-0.39, 0.29) is 30.1 Å². The van der Waals surface area contributed by atoms with Crippen LogP contribution in [0.2, 0.25) is 0 Å². The summed E-state index contributed by atoms with van der Waals surface area (Å²) in [6, 6.07) is 0. The van der Waals surface area contributed by atoms with Crippen molar-refractivity contribution in [2.45, 2.75) is 98.9 Å². The molecule has 2 unspecified atom stereocenters. The Balaban J connectivity index is 5.55. The fourth-order valence-corrected chi connectivity index (χ4v) is 5.55. The molecular weight excluding hydrogens is 296 g/mol. The third-order valence-electron chi connectivity index (χ3n) is 3.03. The van der Waals surface area contributed by atoms with Gasteiger partial charge < -0.3 is 18.0 Å². The fourth-order valence-electron chi connectivity index (χ4n) is 2.09. The van der Waals surface area contributed by atoms with Crippen molar-refractivity contribution >= 4 is 8.80 Å². The largest absolute Gasteiger partial charge is 0.532 e. The number of hydrogen-bond acceptors (Lipinski definition) is 4. The molecule has 0 spiro atoms. The summed E-state index contributed by atoms with van der Waals surface area (Å²) in [6.07, 6.45) is 0.765. The molecule has 0 aliphatic carbocycles. The van der Waals surface area contributed by atoms with Crippen LogP contribution in [0.4, 0.5) is 0 Å². The Bertz CT molecular complexity index is 302. The maximum atomic E-state index is 6.23. The van der Waals surface area contributed by atoms with E-state index >= 15 is 0 Å². The van der Waals surface area contributed by atoms with Crippen LogP contribution in [0, 0.1) is 0 Å². The first kappa shape index (κ1) is 21.8. The van der Waals surface area contributed by atoms with Gasteiger partial charge in [-0.25, -0.2) is 0 Å². The van der Waals surface area contributed by atoms with Crippen molar-refractivity contribution in [1.29, 1.82) is 0 Å². The molecule has 0 saturated carbocycles. The molecule has 0 radical (unpaired) electrons. The topological polar surface area (TPSA) is 36.9 Å². The van der Waals surface area contributed by atoms with Crippen molar-refractivity contribution in [3.05, 3.63) is 12.2 Å². The van der Waals surface area contributed by atoms with Crippen molar-refractivity contribution < 1.29 is 18.0 Å². The van der Waals surface area contributed by atoms with E-state index in [1.165, 1.54) is 0 Å². The Kier molecular flexibility index (Phi) is 9.74. The second kappa shape index (κ2) is 9.83. The number of rotatable bonds is 11. The molecule has 0 bridgehead atoms. The first-order chi connectivity index (χ1) is 10.0. The highest BCUT2D eigenvalue weighted by molar-refractivity contribution is 6.62. The van der Waals surface area contributed by atoms with Gasteiger partial charge in [0.25, 0.3) is 0 Å². The second-order valence-corrected chi connectivity index (χ2v) is 9.18. The standard InChI is InChI=1S/C17H36O4Si/c1-11-17(18-16(10)12(2)3)22(19-13(4)5,20-14(6)7)21-15(8)9/h13-17H,2,11H2,1,3-10H3. The van der Waals surface area contributed by atoms with Crippen molar-refractivity contribution in [1.82, 2.24) is 0 Å². The summed E-state index contributed by atoms with van der Waals surface area (Å²) in [4.78, 5) is 0. The number of ether oxygens (including phenoxy) is 1. The van der Waals surface area contributed by atoms with Crippen molar-refractivity contribution in [3.8, 4) is 0 Å². The minimum absolute atomic E-state index is 0.0157. The highest BCUT2D eigenvalue weighted by atomic mass is 28.4. The molecule has 0 aliphatic heterocycles. The van der Waals surface area contributed by atoms with E-state index in [0.29, 0.717) is 0 Å². The zero-order chi connectivity index (χ0) is 17.5. The van der Waals surface area contributed by atoms with Crippen LogP contribution in [0.1, 0.15) is 68.7 Å². The lowest BCUT2D eigenvalue weighted by molar-refractivity contribution is -0.0608. The monoisotopic (exact) mass is 332 g/mol. The van der Waals surface area contributed by atoms with E-state index in [4.69, 9.17) is 18.0 Å². The maximum Gasteiger partial charge on any atom is 0.532 e. The summed E-state index contributed by atoms with van der Waals surface area (Å²) in [5, 5.41) is 0. The van der Waals surface area contributed by atoms with Gasteiger partial charge >= 0.3 is 8.80 Å². The lowest BCUT2D eigenvalue weighted by Gasteiger charge is -2.40. The van der Waals surface area contributed by atoms with Crippen molar-refractivity contribution in [2.24, 2.45) is 0 Å². The molecule has 0 aromatic heterocycles. The Morgan fingerprint density at radius 1 is 0.864 bits per heavy atom. The van der Waals surface area contributed by atoms with Gasteiger partial charge in [-0.3, -0.25) is 0 Å². The molecule has 0 aromatic rings. The molecule has 0 N–H and O–H groups in total. The van der Waals surface area contributed by atoms with Gasteiger partial charge in [0.05, 0.1) is 6.10 Å². The highest BCUT2D eigenvalue weighted by Gasteiger charge is 2.53. The van der Waals surface area contributed by atoms with Crippen molar-refractivity contribution in [2.75, 3.05) is 0 Å². The summed E-state index contributed by atoms with van der Waals surface area (Å²) in [5.41, 5.74) is 0.784. The third-order valence-corrected chi connectivity index (χ3v) is 6.76. The normalized spacial score (nSPS) is 15.6. The Morgan fingerprint density at radius 3 is 1.45 bits per heavy atom. The Labute approximate surface area is 138 Å². The SMILES string of the molecule is C=C(C)C(C)OC(CC)[Si](OC(C)C)(OC(C)C)OC(C)C. The third kappa shape index (κ3) is 7.37. The molecule has 0 rings (SSSR count). The van der Waals surface area contributed by atoms with Crippen LogP contribution >= 0.6 is 0 Å². The molecule has 5 heteroatoms. The van der Waals surface area contributed by atoms with E-state index in [1.54, 1.807) is 0 Å². The predicted molar refractivity (Wildman–Crippen MR) is 93.9 cm³/mol. The predicted octanol–water partition coefficient (Wildman–Crippen LogP) is 4.50. The van der Waals surface area contributed by atoms with Crippen LogP contribution in [0.15, 0.2) is 12.2 Å². The maximum absolute atomic E-state index is 6.23. The molecule has 0 saturated heterocycles. The van der Waals surface area contributed by atoms with Gasteiger partial charge in [0.2, 0.25) is 0 Å². The van der Waals surface area contributed by atoms with Gasteiger partial charge in [0.1, 0.15) is 5.73 Å². The molecule has 0 heterocycles. The summed E-state index contributed by atoms with van der Waals surface area (Å²) in [5.74, 6) is 0. The summed E-state index contributed by atoms with van der Waals surface area (Å²) in [7, 11) is -2.99. The van der Waals surface area contributed by atoms with Gasteiger partial charge in [-0.1, -0.05) is 19.1 Å². The number of hydrogen-bond donors (Lipinski definition) is 0. The summed E-state index contributed by atoms with van der Waals surface area (Å²) < 4.78 is 24.9. The minimum Gasteiger partial charge on any atom is -0.369 e. The molecule has 0 aliphatic rings. The lowest BCUT2D eigenvalue weighted by atomic mass is 10.2. The molecule has 132 valence electrons. The van der Waals surface area contributed by atoms with Gasteiger partial charge in [0.15, 0.2) is 0 Å². The average molecular weight is 333 g/mol. The van der Waals surface area contributed by atoms with E-state index in [0.717, 1.165) is 12.0 Å². The zero-order valence-corrected chi connectivity index (χ0v) is 16.9. The zero-order valence-electron chi connectivity index (χ0n) is 15.9. The van der Waals surface area contributed by atoms with E-state index in [1.807, 2.05) is 55.4 Å². The smallest absolute Gasteiger partial charge is 0.369 e. The molecule has 2 atom stereocenters. The van der Waals surface area contributed by atoms with E-state index < -0.39 is 8.80 Å². The van der Waals surface area contributed by atoms with Crippen LogP contribution in [-0.2, 0) is 18.0 Å². The van der Waals surface area contributed by atoms with Gasteiger partial charge in [-0.05, 0) is 61.8 Å². The molecular formula is C17H36O4Si. The summed E-state index contributed by atoms with van der Waals surface area (Å²) >= 11 is 0. The van der Waals surface area contributed by atoms with Crippen LogP contribution < -0.4 is 0 Å². The van der Waals surface area contributed by atoms with E-state index in [9.17, 15) is 0 Å². The van der Waals surface area contributed by atoms with Crippen LogP contribution in [0.5, 0.6) is 0 Å². The van der Waals surface area contributed by atoms with Crippen molar-refractivity contribution in [3.63, 3.8) is 0 Å². The Hall–Kier alpha value is -0.203. The first-order valence-corrected chi connectivity index (χ1v) is 10.2. The lowest BCUT2D eigenvalue weighted by Crippen LogP contribution is -2.61. The first-order valence-electron chi connectivity index (χ1n) is 8.38. The summed E-state index contributed by atoms with van der Waals surface area (Å²) in [6.45, 7) is 22.1. The quantitative estimate of drug-likeness (QED) is 0.412. The van der Waals surface area contributed by atoms with Gasteiger partial charge in [-0.2, -0.15) is 0 Å². The van der Waals surface area contributed by atoms with Crippen LogP contribution in [0.3, 0.4) is 0 Å². The molecule has 0 amide bonds. The minimum atomic E-state index is -2.99. The van der Waals surface area contributed by atoms with Gasteiger partial charge in [0, 0.05) is 18.3 Å². The van der Waals surface area contributed by atoms with E-state index in [2.05, 4.69) is 13.5 Å². The average Bonchev–Trinajstić information content (AvgIpc) is 2.32. The molecule has 22 heavy (non-hydrogen) atoms. The van der Waals surface area contributed by atoms with Crippen LogP contribution in [-0.4, -0.2) is 38.9 Å². The molecule has 0 aromatic carbocycles. The fraction of sp³-hybridized carbons (Fsp3) is 0.882. The molecule has 4 nitrogen and oxygen atoms in total. The van der Waals surface area contributed by atoms with Gasteiger partial charge in [-0.15, -0.1) is 0 Å². The highest BCUT2D eigenvalue weighted by Crippen LogP contribution is 2.27. The van der Waals surface area contributed by atoms with Crippen LogP contribution in [0.25, 0.3) is 0 Å². The molecule has 0 fully saturated rings.